The van der Waals surface area contributed by atoms with E-state index >= 15 is 0 Å². The highest BCUT2D eigenvalue weighted by molar-refractivity contribution is 6.74. The molecule has 56 heavy (non-hydrogen) atoms. The lowest BCUT2D eigenvalue weighted by Crippen LogP contribution is -2.51. The molecule has 5 rings (SSSR count). The van der Waals surface area contributed by atoms with Crippen LogP contribution in [-0.2, 0) is 45.9 Å². The van der Waals surface area contributed by atoms with Gasteiger partial charge in [0.05, 0.1) is 65.6 Å². The third kappa shape index (κ3) is 12.8. The molecule has 6 atom stereocenters. The fraction of sp³-hybridized carbons (Fsp3) is 0.745. The summed E-state index contributed by atoms with van der Waals surface area (Å²) in [6.45, 7) is 21.0. The molecule has 3 aliphatic rings. The Balaban J connectivity index is 1.04. The third-order valence-corrected chi connectivity index (χ3v) is 18.1. The highest BCUT2D eigenvalue weighted by Crippen LogP contribution is 2.64. The van der Waals surface area contributed by atoms with Crippen LogP contribution < -0.4 is 4.74 Å². The summed E-state index contributed by atoms with van der Waals surface area (Å²) in [6.07, 6.45) is 12.7. The fourth-order valence-electron chi connectivity index (χ4n) is 9.52. The molecule has 0 aliphatic heterocycles. The standard InChI is InChI=1S/C47H76O8Si/c1-46(2,3)56(6,7)55-44-21-20-43-45-38(33-39-34-40(54-36-53-26-25-48-5)18-19-41(39)42(45)22-23-47(43,44)4)17-13-8-9-14-24-49-27-28-50-29-30-51-31-32-52-35-37-15-11-10-12-16-37/h10-12,15-16,18-19,34,38,42-45H,8-9,13-14,17,20-33,35-36H2,1-7H3/t38-,42-,43+,44+,45-,47+/m1/s1. The van der Waals surface area contributed by atoms with Crippen molar-refractivity contribution in [2.75, 3.05) is 73.4 Å². The van der Waals surface area contributed by atoms with Crippen molar-refractivity contribution in [3.8, 4) is 5.75 Å². The smallest absolute Gasteiger partial charge is 0.192 e. The highest BCUT2D eigenvalue weighted by Gasteiger charge is 2.58. The lowest BCUT2D eigenvalue weighted by molar-refractivity contribution is -0.0346. The largest absolute Gasteiger partial charge is 0.468 e. The van der Waals surface area contributed by atoms with E-state index in [0.29, 0.717) is 77.4 Å². The average Bonchev–Trinajstić information content (AvgIpc) is 3.50. The van der Waals surface area contributed by atoms with E-state index in [1.54, 1.807) is 12.7 Å². The van der Waals surface area contributed by atoms with Crippen LogP contribution in [0.1, 0.15) is 108 Å². The molecule has 0 spiro atoms. The Morgan fingerprint density at radius 3 is 2.12 bits per heavy atom. The molecule has 2 aromatic carbocycles. The van der Waals surface area contributed by atoms with Gasteiger partial charge in [-0.05, 0) is 121 Å². The molecule has 0 bridgehead atoms. The van der Waals surface area contributed by atoms with E-state index in [-0.39, 0.29) is 17.2 Å². The Bertz CT molecular complexity index is 1400. The summed E-state index contributed by atoms with van der Waals surface area (Å²) < 4.78 is 46.9. The lowest BCUT2D eigenvalue weighted by Gasteiger charge is -2.54. The molecule has 9 heteroatoms. The van der Waals surface area contributed by atoms with Crippen LogP contribution in [0.2, 0.25) is 18.1 Å². The van der Waals surface area contributed by atoms with Gasteiger partial charge in [-0.25, -0.2) is 0 Å². The normalized spacial score (nSPS) is 24.8. The highest BCUT2D eigenvalue weighted by atomic mass is 28.4. The van der Waals surface area contributed by atoms with E-state index in [9.17, 15) is 0 Å². The van der Waals surface area contributed by atoms with Crippen molar-refractivity contribution in [1.82, 2.24) is 0 Å². The topological polar surface area (TPSA) is 73.8 Å². The molecule has 2 saturated carbocycles. The zero-order valence-electron chi connectivity index (χ0n) is 36.1. The molecule has 2 fully saturated rings. The minimum Gasteiger partial charge on any atom is -0.468 e. The minimum absolute atomic E-state index is 0.229. The molecule has 0 radical (unpaired) electrons. The number of fused-ring (bicyclic) bond motifs is 5. The Labute approximate surface area is 341 Å². The molecule has 8 nitrogen and oxygen atoms in total. The molecule has 0 saturated heterocycles. The van der Waals surface area contributed by atoms with Gasteiger partial charge in [0.1, 0.15) is 5.75 Å². The number of benzene rings is 2. The molecule has 316 valence electrons. The molecule has 0 unspecified atom stereocenters. The summed E-state index contributed by atoms with van der Waals surface area (Å²) >= 11 is 0. The predicted octanol–water partition coefficient (Wildman–Crippen LogP) is 10.4. The van der Waals surface area contributed by atoms with Gasteiger partial charge in [-0.3, -0.25) is 0 Å². The molecular weight excluding hydrogens is 721 g/mol. The van der Waals surface area contributed by atoms with Crippen molar-refractivity contribution in [3.63, 3.8) is 0 Å². The summed E-state index contributed by atoms with van der Waals surface area (Å²) in [5, 5.41) is 0.229. The SMILES string of the molecule is COCCOCOc1ccc2c(c1)C[C@@H](CCCCCCOCCOCCOCCOCc1ccccc1)[C@@H]1[C@@H]2CC[C@]2(C)[C@@H](O[Si](C)(C)C(C)(C)C)CC[C@@H]12. The Kier molecular flexibility index (Phi) is 18.2. The summed E-state index contributed by atoms with van der Waals surface area (Å²) in [4.78, 5) is 0. The van der Waals surface area contributed by atoms with Gasteiger partial charge >= 0.3 is 0 Å². The van der Waals surface area contributed by atoms with E-state index in [1.165, 1.54) is 62.5 Å². The van der Waals surface area contributed by atoms with Gasteiger partial charge in [0.15, 0.2) is 15.1 Å². The van der Waals surface area contributed by atoms with Gasteiger partial charge in [-0.15, -0.1) is 0 Å². The number of hydrogen-bond donors (Lipinski definition) is 0. The molecule has 0 aromatic heterocycles. The van der Waals surface area contributed by atoms with Crippen LogP contribution >= 0.6 is 0 Å². The van der Waals surface area contributed by atoms with Crippen molar-refractivity contribution < 1.29 is 37.6 Å². The Morgan fingerprint density at radius 1 is 0.732 bits per heavy atom. The first-order valence-electron chi connectivity index (χ1n) is 21.9. The first kappa shape index (κ1) is 45.3. The van der Waals surface area contributed by atoms with Crippen LogP contribution in [-0.4, -0.2) is 87.8 Å². The molecule has 2 aromatic rings. The van der Waals surface area contributed by atoms with Gasteiger partial charge in [-0.1, -0.05) is 83.4 Å². The minimum atomic E-state index is -1.86. The van der Waals surface area contributed by atoms with Crippen molar-refractivity contribution in [2.24, 2.45) is 23.2 Å². The first-order chi connectivity index (χ1) is 27.0. The molecular formula is C47H76O8Si. The van der Waals surface area contributed by atoms with Gasteiger partial charge in [-0.2, -0.15) is 0 Å². The maximum atomic E-state index is 7.28. The number of methoxy groups -OCH3 is 1. The number of ether oxygens (including phenoxy) is 7. The summed E-state index contributed by atoms with van der Waals surface area (Å²) in [5.74, 6) is 3.68. The van der Waals surface area contributed by atoms with Crippen LogP contribution in [0.25, 0.3) is 0 Å². The van der Waals surface area contributed by atoms with Crippen molar-refractivity contribution in [3.05, 3.63) is 65.2 Å². The molecule has 3 aliphatic carbocycles. The zero-order chi connectivity index (χ0) is 39.9. The summed E-state index contributed by atoms with van der Waals surface area (Å²) in [7, 11) is -0.167. The van der Waals surface area contributed by atoms with Gasteiger partial charge in [0.25, 0.3) is 0 Å². The van der Waals surface area contributed by atoms with Crippen LogP contribution in [0.4, 0.5) is 0 Å². The maximum absolute atomic E-state index is 7.28. The maximum Gasteiger partial charge on any atom is 0.192 e. The quantitative estimate of drug-likeness (QED) is 0.0529. The average molecular weight is 797 g/mol. The van der Waals surface area contributed by atoms with E-state index in [0.717, 1.165) is 37.0 Å². The van der Waals surface area contributed by atoms with Gasteiger partial charge in [0.2, 0.25) is 0 Å². The second-order valence-electron chi connectivity index (χ2n) is 18.3. The first-order valence-corrected chi connectivity index (χ1v) is 24.8. The fourth-order valence-corrected chi connectivity index (χ4v) is 11.0. The van der Waals surface area contributed by atoms with E-state index in [4.69, 9.17) is 37.6 Å². The van der Waals surface area contributed by atoms with E-state index in [1.807, 2.05) is 18.2 Å². The molecule has 0 heterocycles. The van der Waals surface area contributed by atoms with Crippen molar-refractivity contribution in [2.45, 2.75) is 129 Å². The van der Waals surface area contributed by atoms with Crippen LogP contribution in [0.5, 0.6) is 5.75 Å². The van der Waals surface area contributed by atoms with Crippen molar-refractivity contribution >= 4 is 8.32 Å². The third-order valence-electron chi connectivity index (χ3n) is 13.6. The number of rotatable bonds is 26. The van der Waals surface area contributed by atoms with E-state index < -0.39 is 8.32 Å². The molecule has 0 N–H and O–H groups in total. The number of unbranched alkanes of at least 4 members (excludes halogenated alkanes) is 3. The second-order valence-corrected chi connectivity index (χ2v) is 23.1. The van der Waals surface area contributed by atoms with Gasteiger partial charge < -0.3 is 37.6 Å². The predicted molar refractivity (Wildman–Crippen MR) is 227 cm³/mol. The Morgan fingerprint density at radius 2 is 1.41 bits per heavy atom. The van der Waals surface area contributed by atoms with Gasteiger partial charge in [0, 0.05) is 13.7 Å². The summed E-state index contributed by atoms with van der Waals surface area (Å²) in [6, 6.07) is 17.1. The van der Waals surface area contributed by atoms with Crippen LogP contribution in [0.3, 0.4) is 0 Å². The van der Waals surface area contributed by atoms with E-state index in [2.05, 4.69) is 71.1 Å². The van der Waals surface area contributed by atoms with Crippen molar-refractivity contribution in [1.29, 1.82) is 0 Å². The summed E-state index contributed by atoms with van der Waals surface area (Å²) in [5.41, 5.74) is 4.52. The lowest BCUT2D eigenvalue weighted by atomic mass is 9.52. The monoisotopic (exact) mass is 797 g/mol. The molecule has 0 amide bonds. The second kappa shape index (κ2) is 22.5. The Hall–Kier alpha value is -1.82. The van der Waals surface area contributed by atoms with Crippen LogP contribution in [0.15, 0.2) is 48.5 Å². The zero-order valence-corrected chi connectivity index (χ0v) is 37.1. The van der Waals surface area contributed by atoms with Crippen LogP contribution in [0, 0.1) is 23.2 Å². The number of hydrogen-bond acceptors (Lipinski definition) is 8.